The van der Waals surface area contributed by atoms with Gasteiger partial charge in [0, 0.05) is 13.1 Å². The van der Waals surface area contributed by atoms with E-state index in [0.717, 1.165) is 12.5 Å². The van der Waals surface area contributed by atoms with E-state index in [-0.39, 0.29) is 0 Å². The predicted molar refractivity (Wildman–Crippen MR) is 97.7 cm³/mol. The molecule has 1 aromatic rings. The molecule has 3 atom stereocenters. The SMILES string of the molecule is CN(Cc1ccccc1)C[C@@H](O)COCC1=CC[C@H]2C[C@@H]1C2(C)C. The Morgan fingerprint density at radius 3 is 2.71 bits per heavy atom. The molecule has 1 fully saturated rings. The van der Waals surface area contributed by atoms with E-state index in [4.69, 9.17) is 4.74 Å². The Kier molecular flexibility index (Phi) is 5.43. The summed E-state index contributed by atoms with van der Waals surface area (Å²) in [6.07, 6.45) is 4.46. The molecule has 1 aromatic carbocycles. The molecule has 0 spiro atoms. The molecule has 0 heterocycles. The normalized spacial score (nSPS) is 26.0. The van der Waals surface area contributed by atoms with Gasteiger partial charge in [0.15, 0.2) is 0 Å². The molecule has 3 heteroatoms. The van der Waals surface area contributed by atoms with Gasteiger partial charge in [-0.05, 0) is 48.3 Å². The minimum absolute atomic E-state index is 0.410. The number of benzene rings is 1. The third kappa shape index (κ3) is 3.90. The fourth-order valence-electron chi connectivity index (χ4n) is 4.33. The van der Waals surface area contributed by atoms with Crippen LogP contribution in [0.3, 0.4) is 0 Å². The summed E-state index contributed by atoms with van der Waals surface area (Å²) in [5.41, 5.74) is 3.16. The molecule has 1 saturated carbocycles. The Morgan fingerprint density at radius 2 is 2.04 bits per heavy atom. The molecule has 0 aromatic heterocycles. The third-order valence-corrected chi connectivity index (χ3v) is 5.98. The third-order valence-electron chi connectivity index (χ3n) is 5.98. The van der Waals surface area contributed by atoms with E-state index in [1.807, 2.05) is 25.2 Å². The predicted octanol–water partition coefficient (Wildman–Crippen LogP) is 3.49. The van der Waals surface area contributed by atoms with Gasteiger partial charge in [0.2, 0.25) is 0 Å². The summed E-state index contributed by atoms with van der Waals surface area (Å²) >= 11 is 0. The first kappa shape index (κ1) is 17.7. The van der Waals surface area contributed by atoms with Gasteiger partial charge in [-0.15, -0.1) is 0 Å². The van der Waals surface area contributed by atoms with Gasteiger partial charge in [-0.2, -0.15) is 0 Å². The minimum Gasteiger partial charge on any atom is -0.389 e. The zero-order chi connectivity index (χ0) is 17.2. The lowest BCUT2D eigenvalue weighted by Crippen LogP contribution is -2.48. The van der Waals surface area contributed by atoms with E-state index in [1.54, 1.807) is 0 Å². The average molecular weight is 329 g/mol. The van der Waals surface area contributed by atoms with Crippen LogP contribution in [0, 0.1) is 17.3 Å². The number of hydrogen-bond donors (Lipinski definition) is 1. The van der Waals surface area contributed by atoms with Crippen LogP contribution in [0.15, 0.2) is 42.0 Å². The van der Waals surface area contributed by atoms with Gasteiger partial charge >= 0.3 is 0 Å². The van der Waals surface area contributed by atoms with E-state index < -0.39 is 6.10 Å². The van der Waals surface area contributed by atoms with E-state index in [0.29, 0.717) is 31.1 Å². The van der Waals surface area contributed by atoms with Gasteiger partial charge in [0.25, 0.3) is 0 Å². The Balaban J connectivity index is 1.37. The van der Waals surface area contributed by atoms with Crippen molar-refractivity contribution in [2.45, 2.75) is 39.3 Å². The first-order valence-corrected chi connectivity index (χ1v) is 9.14. The van der Waals surface area contributed by atoms with Crippen molar-refractivity contribution >= 4 is 0 Å². The highest BCUT2D eigenvalue weighted by Gasteiger charge is 2.50. The number of allylic oxidation sites excluding steroid dienone is 1. The number of ether oxygens (including phenoxy) is 1. The Hall–Kier alpha value is -1.16. The molecule has 132 valence electrons. The van der Waals surface area contributed by atoms with Crippen molar-refractivity contribution in [3.05, 3.63) is 47.5 Å². The van der Waals surface area contributed by atoms with Crippen LogP contribution in [0.4, 0.5) is 0 Å². The quantitative estimate of drug-likeness (QED) is 0.741. The molecular formula is C21H31NO2. The molecule has 0 amide bonds. The summed E-state index contributed by atoms with van der Waals surface area (Å²) in [4.78, 5) is 2.14. The van der Waals surface area contributed by atoms with Gasteiger partial charge in [0.05, 0.1) is 19.3 Å². The van der Waals surface area contributed by atoms with E-state index in [9.17, 15) is 5.11 Å². The largest absolute Gasteiger partial charge is 0.389 e. The Labute approximate surface area is 146 Å². The van der Waals surface area contributed by atoms with Gasteiger partial charge in [-0.25, -0.2) is 0 Å². The van der Waals surface area contributed by atoms with Crippen LogP contribution in [0.1, 0.15) is 32.3 Å². The summed E-state index contributed by atoms with van der Waals surface area (Å²) in [7, 11) is 2.04. The molecule has 0 radical (unpaired) electrons. The van der Waals surface area contributed by atoms with Gasteiger partial charge < -0.3 is 9.84 Å². The van der Waals surface area contributed by atoms with Crippen LogP contribution >= 0.6 is 0 Å². The number of likely N-dealkylation sites (N-methyl/N-ethyl adjacent to an activating group) is 1. The summed E-state index contributed by atoms with van der Waals surface area (Å²) in [5, 5.41) is 10.2. The molecule has 4 rings (SSSR count). The molecule has 2 bridgehead atoms. The van der Waals surface area contributed by atoms with Gasteiger partial charge in [-0.1, -0.05) is 50.3 Å². The maximum absolute atomic E-state index is 10.2. The molecule has 3 aliphatic carbocycles. The van der Waals surface area contributed by atoms with Crippen molar-refractivity contribution in [1.29, 1.82) is 0 Å². The summed E-state index contributed by atoms with van der Waals surface area (Å²) < 4.78 is 5.83. The molecule has 24 heavy (non-hydrogen) atoms. The average Bonchev–Trinajstić information content (AvgIpc) is 2.55. The van der Waals surface area contributed by atoms with Gasteiger partial charge in [-0.3, -0.25) is 4.90 Å². The lowest BCUT2D eigenvalue weighted by Gasteiger charge is -2.56. The summed E-state index contributed by atoms with van der Waals surface area (Å²) in [6.45, 7) is 7.33. The lowest BCUT2D eigenvalue weighted by molar-refractivity contribution is -0.0257. The standard InChI is InChI=1S/C21H31NO2/c1-21(2)18-10-9-17(20(21)11-18)14-24-15-19(23)13-22(3)12-16-7-5-4-6-8-16/h4-9,18-20,23H,10-15H2,1-3H3/t18-,19+,20-/m0/s1. The van der Waals surface area contributed by atoms with Crippen LogP contribution < -0.4 is 0 Å². The van der Waals surface area contributed by atoms with Gasteiger partial charge in [0.1, 0.15) is 0 Å². The molecule has 0 aliphatic heterocycles. The first-order chi connectivity index (χ1) is 11.5. The zero-order valence-electron chi connectivity index (χ0n) is 15.2. The zero-order valence-corrected chi connectivity index (χ0v) is 15.2. The lowest BCUT2D eigenvalue weighted by atomic mass is 9.49. The van der Waals surface area contributed by atoms with Crippen molar-refractivity contribution in [2.24, 2.45) is 17.3 Å². The van der Waals surface area contributed by atoms with Crippen LogP contribution in [0.2, 0.25) is 0 Å². The molecule has 0 saturated heterocycles. The highest BCUT2D eigenvalue weighted by Crippen LogP contribution is 2.59. The molecule has 1 N–H and O–H groups in total. The van der Waals surface area contributed by atoms with Crippen molar-refractivity contribution in [3.63, 3.8) is 0 Å². The number of fused-ring (bicyclic) bond motifs is 1. The van der Waals surface area contributed by atoms with Crippen LogP contribution in [-0.2, 0) is 11.3 Å². The highest BCUT2D eigenvalue weighted by molar-refractivity contribution is 5.23. The molecule has 3 aliphatic rings. The van der Waals surface area contributed by atoms with E-state index in [2.05, 4.69) is 37.0 Å². The Morgan fingerprint density at radius 1 is 1.29 bits per heavy atom. The van der Waals surface area contributed by atoms with Crippen molar-refractivity contribution in [3.8, 4) is 0 Å². The van der Waals surface area contributed by atoms with Crippen LogP contribution in [0.25, 0.3) is 0 Å². The number of nitrogens with zero attached hydrogens (tertiary/aromatic N) is 1. The number of hydrogen-bond acceptors (Lipinski definition) is 3. The molecular weight excluding hydrogens is 298 g/mol. The number of rotatable bonds is 8. The fourth-order valence-corrected chi connectivity index (χ4v) is 4.33. The smallest absolute Gasteiger partial charge is 0.0900 e. The van der Waals surface area contributed by atoms with Crippen molar-refractivity contribution < 1.29 is 9.84 Å². The molecule has 3 nitrogen and oxygen atoms in total. The van der Waals surface area contributed by atoms with Crippen LogP contribution in [-0.4, -0.2) is 42.9 Å². The summed E-state index contributed by atoms with van der Waals surface area (Å²) in [6, 6.07) is 10.4. The minimum atomic E-state index is -0.440. The molecule has 0 unspecified atom stereocenters. The maximum atomic E-state index is 10.2. The summed E-state index contributed by atoms with van der Waals surface area (Å²) in [5.74, 6) is 1.55. The topological polar surface area (TPSA) is 32.7 Å². The second-order valence-electron chi connectivity index (χ2n) is 8.17. The van der Waals surface area contributed by atoms with E-state index in [1.165, 1.54) is 24.0 Å². The fraction of sp³-hybridized carbons (Fsp3) is 0.619. The number of aliphatic hydroxyl groups is 1. The number of aliphatic hydroxyl groups excluding tert-OH is 1. The van der Waals surface area contributed by atoms with E-state index >= 15 is 0 Å². The van der Waals surface area contributed by atoms with Crippen molar-refractivity contribution in [2.75, 3.05) is 26.8 Å². The maximum Gasteiger partial charge on any atom is 0.0900 e. The highest BCUT2D eigenvalue weighted by atomic mass is 16.5. The monoisotopic (exact) mass is 329 g/mol. The second-order valence-corrected chi connectivity index (χ2v) is 8.17. The Bertz CT molecular complexity index is 566. The van der Waals surface area contributed by atoms with Crippen molar-refractivity contribution in [1.82, 2.24) is 4.90 Å². The second kappa shape index (κ2) is 7.38. The van der Waals surface area contributed by atoms with Crippen LogP contribution in [0.5, 0.6) is 0 Å². The first-order valence-electron chi connectivity index (χ1n) is 9.14.